The fourth-order valence-corrected chi connectivity index (χ4v) is 3.52. The Labute approximate surface area is 164 Å². The van der Waals surface area contributed by atoms with Crippen LogP contribution in [0.15, 0.2) is 48.5 Å². The minimum absolute atomic E-state index is 0.0121. The number of rotatable bonds is 6. The molecule has 0 radical (unpaired) electrons. The Hall–Kier alpha value is -1.75. The van der Waals surface area contributed by atoms with E-state index in [0.29, 0.717) is 10.8 Å². The lowest BCUT2D eigenvalue weighted by molar-refractivity contribution is -0.918. The summed E-state index contributed by atoms with van der Waals surface area (Å²) in [4.78, 5) is 13.6. The Morgan fingerprint density at radius 3 is 2.50 bits per heavy atom. The van der Waals surface area contributed by atoms with Crippen molar-refractivity contribution in [2.24, 2.45) is 0 Å². The van der Waals surface area contributed by atoms with Gasteiger partial charge in [-0.25, -0.2) is 0 Å². The second-order valence-corrected chi connectivity index (χ2v) is 7.51. The third kappa shape index (κ3) is 5.90. The number of ether oxygens (including phenoxy) is 1. The van der Waals surface area contributed by atoms with Crippen LogP contribution in [0.4, 0.5) is 0 Å². The normalized spacial score (nSPS) is 19.8. The van der Waals surface area contributed by atoms with E-state index < -0.39 is 0 Å². The van der Waals surface area contributed by atoms with Gasteiger partial charge in [-0.1, -0.05) is 41.4 Å². The Balaban J connectivity index is 1.38. The van der Waals surface area contributed by atoms with Crippen molar-refractivity contribution >= 4 is 29.1 Å². The van der Waals surface area contributed by atoms with E-state index in [2.05, 4.69) is 17.4 Å². The van der Waals surface area contributed by atoms with E-state index in [1.165, 1.54) is 10.5 Å². The Morgan fingerprint density at radius 2 is 1.81 bits per heavy atom. The van der Waals surface area contributed by atoms with Crippen LogP contribution in [0, 0.1) is 0 Å². The maximum atomic E-state index is 12.1. The van der Waals surface area contributed by atoms with E-state index in [1.807, 2.05) is 12.1 Å². The topological polar surface area (TPSA) is 42.8 Å². The first-order valence-electron chi connectivity index (χ1n) is 8.84. The number of amides is 1. The highest BCUT2D eigenvalue weighted by molar-refractivity contribution is 6.30. The number of likely N-dealkylation sites (tertiary alicyclic amines) is 1. The lowest BCUT2D eigenvalue weighted by Gasteiger charge is -2.29. The van der Waals surface area contributed by atoms with Crippen molar-refractivity contribution in [2.45, 2.75) is 25.4 Å². The third-order valence-electron chi connectivity index (χ3n) is 4.59. The largest absolute Gasteiger partial charge is 0.484 e. The summed E-state index contributed by atoms with van der Waals surface area (Å²) in [5, 5.41) is 4.43. The average molecular weight is 394 g/mol. The van der Waals surface area contributed by atoms with Gasteiger partial charge in [0.25, 0.3) is 5.91 Å². The standard InChI is InChI=1S/C20H22Cl2N2O2/c21-16-6-4-15(5-7-16)13-24-10-8-18(9-11-24)23-20(25)14-26-19-3-1-2-17(22)12-19/h1-7,12,18H,8-11,13-14H2,(H,23,25)/p+1. The van der Waals surface area contributed by atoms with Crippen LogP contribution in [0.25, 0.3) is 0 Å². The molecule has 138 valence electrons. The molecule has 2 aromatic rings. The van der Waals surface area contributed by atoms with Gasteiger partial charge in [-0.15, -0.1) is 0 Å². The molecular weight excluding hydrogens is 371 g/mol. The zero-order chi connectivity index (χ0) is 18.4. The molecule has 6 heteroatoms. The molecule has 0 atom stereocenters. The van der Waals surface area contributed by atoms with Crippen LogP contribution in [-0.2, 0) is 11.3 Å². The quantitative estimate of drug-likeness (QED) is 0.792. The first-order valence-corrected chi connectivity index (χ1v) is 9.60. The van der Waals surface area contributed by atoms with E-state index >= 15 is 0 Å². The summed E-state index contributed by atoms with van der Waals surface area (Å²) in [6.07, 6.45) is 1.96. The number of nitrogens with one attached hydrogen (secondary N) is 2. The zero-order valence-electron chi connectivity index (χ0n) is 14.5. The minimum atomic E-state index is -0.0869. The molecule has 2 aromatic carbocycles. The molecule has 3 rings (SSSR count). The number of piperidine rings is 1. The van der Waals surface area contributed by atoms with Gasteiger partial charge in [-0.2, -0.15) is 0 Å². The molecule has 1 heterocycles. The van der Waals surface area contributed by atoms with Crippen molar-refractivity contribution < 1.29 is 14.4 Å². The number of quaternary nitrogens is 1. The van der Waals surface area contributed by atoms with Gasteiger partial charge >= 0.3 is 0 Å². The van der Waals surface area contributed by atoms with Crippen LogP contribution < -0.4 is 15.0 Å². The second-order valence-electron chi connectivity index (χ2n) is 6.64. The lowest BCUT2D eigenvalue weighted by Crippen LogP contribution is -3.12. The maximum Gasteiger partial charge on any atom is 0.258 e. The van der Waals surface area contributed by atoms with Gasteiger partial charge in [0, 0.05) is 34.5 Å². The van der Waals surface area contributed by atoms with Crippen molar-refractivity contribution in [1.29, 1.82) is 0 Å². The molecule has 0 aromatic heterocycles. The molecule has 1 aliphatic heterocycles. The average Bonchev–Trinajstić information content (AvgIpc) is 2.64. The Bertz CT molecular complexity index is 729. The molecule has 1 fully saturated rings. The van der Waals surface area contributed by atoms with Gasteiger partial charge in [-0.05, 0) is 30.3 Å². The first kappa shape index (κ1) is 19.0. The van der Waals surface area contributed by atoms with Gasteiger partial charge < -0.3 is 15.0 Å². The minimum Gasteiger partial charge on any atom is -0.484 e. The van der Waals surface area contributed by atoms with E-state index in [9.17, 15) is 4.79 Å². The smallest absolute Gasteiger partial charge is 0.258 e. The van der Waals surface area contributed by atoms with Crippen molar-refractivity contribution in [3.63, 3.8) is 0 Å². The van der Waals surface area contributed by atoms with Crippen molar-refractivity contribution in [2.75, 3.05) is 19.7 Å². The van der Waals surface area contributed by atoms with Crippen LogP contribution >= 0.6 is 23.2 Å². The third-order valence-corrected chi connectivity index (χ3v) is 5.08. The molecule has 1 amide bonds. The summed E-state index contributed by atoms with van der Waals surface area (Å²) < 4.78 is 5.49. The van der Waals surface area contributed by atoms with Gasteiger partial charge in [0.2, 0.25) is 0 Å². The van der Waals surface area contributed by atoms with Crippen LogP contribution in [0.2, 0.25) is 10.0 Å². The molecular formula is C20H23Cl2N2O2+. The number of carbonyl (C=O) groups is 1. The molecule has 2 N–H and O–H groups in total. The summed E-state index contributed by atoms with van der Waals surface area (Å²) in [6, 6.07) is 15.3. The molecule has 0 bridgehead atoms. The SMILES string of the molecule is O=C(COc1cccc(Cl)c1)NC1CC[NH+](Cc2ccc(Cl)cc2)CC1. The fraction of sp³-hybridized carbons (Fsp3) is 0.350. The molecule has 0 saturated carbocycles. The highest BCUT2D eigenvalue weighted by Crippen LogP contribution is 2.16. The first-order chi connectivity index (χ1) is 12.6. The summed E-state index contributed by atoms with van der Waals surface area (Å²) in [7, 11) is 0. The predicted octanol–water partition coefficient (Wildman–Crippen LogP) is 2.74. The van der Waals surface area contributed by atoms with Gasteiger partial charge in [0.15, 0.2) is 6.61 Å². The molecule has 4 nitrogen and oxygen atoms in total. The molecule has 26 heavy (non-hydrogen) atoms. The molecule has 0 unspecified atom stereocenters. The summed E-state index contributed by atoms with van der Waals surface area (Å²) in [5.74, 6) is 0.519. The number of halogens is 2. The molecule has 1 aliphatic rings. The van der Waals surface area contributed by atoms with Gasteiger partial charge in [0.1, 0.15) is 12.3 Å². The van der Waals surface area contributed by atoms with Crippen LogP contribution in [0.3, 0.4) is 0 Å². The zero-order valence-corrected chi connectivity index (χ0v) is 16.0. The lowest BCUT2D eigenvalue weighted by atomic mass is 10.0. The van der Waals surface area contributed by atoms with Crippen molar-refractivity contribution in [3.8, 4) is 5.75 Å². The fourth-order valence-electron chi connectivity index (χ4n) is 3.21. The monoisotopic (exact) mass is 393 g/mol. The Kier molecular flexibility index (Phi) is 6.78. The molecule has 0 aliphatic carbocycles. The Morgan fingerprint density at radius 1 is 1.08 bits per heavy atom. The van der Waals surface area contributed by atoms with E-state index in [-0.39, 0.29) is 18.6 Å². The van der Waals surface area contributed by atoms with Gasteiger partial charge in [-0.3, -0.25) is 4.79 Å². The number of benzene rings is 2. The van der Waals surface area contributed by atoms with Gasteiger partial charge in [0.05, 0.1) is 13.1 Å². The maximum absolute atomic E-state index is 12.1. The van der Waals surface area contributed by atoms with E-state index in [4.69, 9.17) is 27.9 Å². The number of hydrogen-bond donors (Lipinski definition) is 2. The predicted molar refractivity (Wildman–Crippen MR) is 104 cm³/mol. The van der Waals surface area contributed by atoms with Crippen molar-refractivity contribution in [1.82, 2.24) is 5.32 Å². The molecule has 0 spiro atoms. The summed E-state index contributed by atoms with van der Waals surface area (Å²) >= 11 is 11.8. The summed E-state index contributed by atoms with van der Waals surface area (Å²) in [6.45, 7) is 3.10. The van der Waals surface area contributed by atoms with E-state index in [1.54, 1.807) is 24.3 Å². The second kappa shape index (κ2) is 9.26. The van der Waals surface area contributed by atoms with Crippen molar-refractivity contribution in [3.05, 3.63) is 64.1 Å². The van der Waals surface area contributed by atoms with E-state index in [0.717, 1.165) is 37.5 Å². The van der Waals surface area contributed by atoms with Crippen LogP contribution in [-0.4, -0.2) is 31.6 Å². The highest BCUT2D eigenvalue weighted by atomic mass is 35.5. The number of carbonyl (C=O) groups excluding carboxylic acids is 1. The summed E-state index contributed by atoms with van der Waals surface area (Å²) in [5.41, 5.74) is 1.29. The highest BCUT2D eigenvalue weighted by Gasteiger charge is 2.23. The number of hydrogen-bond acceptors (Lipinski definition) is 2. The van der Waals surface area contributed by atoms with Crippen LogP contribution in [0.1, 0.15) is 18.4 Å². The molecule has 1 saturated heterocycles. The van der Waals surface area contributed by atoms with Crippen LogP contribution in [0.5, 0.6) is 5.75 Å².